The second kappa shape index (κ2) is 6.00. The van der Waals surface area contributed by atoms with Gasteiger partial charge in [-0.15, -0.1) is 11.3 Å². The van der Waals surface area contributed by atoms with Crippen LogP contribution in [0.2, 0.25) is 0 Å². The molecule has 0 bridgehead atoms. The van der Waals surface area contributed by atoms with E-state index in [1.165, 1.54) is 18.2 Å². The molecule has 0 saturated heterocycles. The molecule has 0 spiro atoms. The summed E-state index contributed by atoms with van der Waals surface area (Å²) in [6, 6.07) is 9.26. The monoisotopic (exact) mass is 373 g/mol. The van der Waals surface area contributed by atoms with Crippen LogP contribution in [-0.2, 0) is 6.18 Å². The highest BCUT2D eigenvalue weighted by Crippen LogP contribution is 2.33. The molecule has 1 atom stereocenters. The van der Waals surface area contributed by atoms with Gasteiger partial charge in [-0.05, 0) is 39.7 Å². The second-order valence-electron chi connectivity index (χ2n) is 4.15. The molecule has 0 saturated carbocycles. The van der Waals surface area contributed by atoms with Gasteiger partial charge in [0.05, 0.1) is 20.3 Å². The zero-order chi connectivity index (χ0) is 15.6. The van der Waals surface area contributed by atoms with Crippen LogP contribution in [0.25, 0.3) is 0 Å². The summed E-state index contributed by atoms with van der Waals surface area (Å²) in [7, 11) is 0. The molecular formula is C14H7BrF3NOS. The van der Waals surface area contributed by atoms with Gasteiger partial charge in [0.1, 0.15) is 5.92 Å². The standard InChI is InChI=1S/C14H7BrF3NOS/c15-12-5-4-11(21-12)13(20)10(7-19)8-2-1-3-9(6-8)14(16,17)18/h1-6,10H. The minimum absolute atomic E-state index is 0.0434. The predicted octanol–water partition coefficient (Wildman–Crippen LogP) is 5.02. The van der Waals surface area contributed by atoms with Crippen molar-refractivity contribution in [1.82, 2.24) is 0 Å². The highest BCUT2D eigenvalue weighted by atomic mass is 79.9. The number of halogens is 4. The fraction of sp³-hybridized carbons (Fsp3) is 0.143. The van der Waals surface area contributed by atoms with E-state index in [9.17, 15) is 18.0 Å². The molecular weight excluding hydrogens is 367 g/mol. The van der Waals surface area contributed by atoms with Gasteiger partial charge in [-0.2, -0.15) is 18.4 Å². The number of thiophene rings is 1. The van der Waals surface area contributed by atoms with Gasteiger partial charge in [-0.25, -0.2) is 0 Å². The van der Waals surface area contributed by atoms with Crippen LogP contribution in [0.15, 0.2) is 40.2 Å². The molecule has 2 rings (SSSR count). The van der Waals surface area contributed by atoms with Crippen molar-refractivity contribution in [2.75, 3.05) is 0 Å². The van der Waals surface area contributed by atoms with Gasteiger partial charge in [-0.1, -0.05) is 18.2 Å². The van der Waals surface area contributed by atoms with Crippen molar-refractivity contribution in [2.24, 2.45) is 0 Å². The summed E-state index contributed by atoms with van der Waals surface area (Å²) in [6.45, 7) is 0. The Morgan fingerprint density at radius 3 is 2.52 bits per heavy atom. The van der Waals surface area contributed by atoms with Gasteiger partial charge >= 0.3 is 6.18 Å². The first-order valence-corrected chi connectivity index (χ1v) is 7.30. The summed E-state index contributed by atoms with van der Waals surface area (Å²) < 4.78 is 38.8. The highest BCUT2D eigenvalue weighted by molar-refractivity contribution is 9.11. The average Bonchev–Trinajstić information content (AvgIpc) is 2.85. The molecule has 108 valence electrons. The van der Waals surface area contributed by atoms with Gasteiger partial charge in [-0.3, -0.25) is 4.79 Å². The molecule has 1 unspecified atom stereocenters. The second-order valence-corrected chi connectivity index (χ2v) is 6.62. The van der Waals surface area contributed by atoms with Crippen molar-refractivity contribution in [3.8, 4) is 6.07 Å². The van der Waals surface area contributed by atoms with Crippen LogP contribution < -0.4 is 0 Å². The molecule has 0 aliphatic carbocycles. The van der Waals surface area contributed by atoms with Crippen molar-refractivity contribution < 1.29 is 18.0 Å². The average molecular weight is 374 g/mol. The van der Waals surface area contributed by atoms with Crippen LogP contribution >= 0.6 is 27.3 Å². The van der Waals surface area contributed by atoms with Crippen LogP contribution in [0, 0.1) is 11.3 Å². The Bertz CT molecular complexity index is 717. The molecule has 2 nitrogen and oxygen atoms in total. The number of benzene rings is 1. The van der Waals surface area contributed by atoms with E-state index < -0.39 is 23.4 Å². The van der Waals surface area contributed by atoms with Crippen LogP contribution in [0.5, 0.6) is 0 Å². The number of rotatable bonds is 3. The minimum Gasteiger partial charge on any atom is -0.291 e. The van der Waals surface area contributed by atoms with Crippen LogP contribution in [0.4, 0.5) is 13.2 Å². The van der Waals surface area contributed by atoms with Crippen molar-refractivity contribution in [2.45, 2.75) is 12.1 Å². The molecule has 21 heavy (non-hydrogen) atoms. The van der Waals surface area contributed by atoms with E-state index in [1.807, 2.05) is 0 Å². The summed E-state index contributed by atoms with van der Waals surface area (Å²) in [5.74, 6) is -1.76. The molecule has 0 N–H and O–H groups in total. The lowest BCUT2D eigenvalue weighted by Crippen LogP contribution is -2.12. The summed E-state index contributed by atoms with van der Waals surface area (Å²) in [4.78, 5) is 12.6. The summed E-state index contributed by atoms with van der Waals surface area (Å²) in [5.41, 5.74) is -0.831. The Morgan fingerprint density at radius 1 is 1.29 bits per heavy atom. The summed E-state index contributed by atoms with van der Waals surface area (Å²) in [5, 5.41) is 9.15. The smallest absolute Gasteiger partial charge is 0.291 e. The van der Waals surface area contributed by atoms with Gasteiger partial charge in [0.25, 0.3) is 0 Å². The fourth-order valence-electron chi connectivity index (χ4n) is 1.77. The fourth-order valence-corrected chi connectivity index (χ4v) is 3.12. The molecule has 1 heterocycles. The number of nitrogens with zero attached hydrogens (tertiary/aromatic N) is 1. The number of ketones is 1. The molecule has 0 aliphatic heterocycles. The van der Waals surface area contributed by atoms with Gasteiger partial charge in [0.15, 0.2) is 5.78 Å². The zero-order valence-electron chi connectivity index (χ0n) is 10.3. The van der Waals surface area contributed by atoms with E-state index in [2.05, 4.69) is 15.9 Å². The summed E-state index contributed by atoms with van der Waals surface area (Å²) >= 11 is 4.34. The number of hydrogen-bond donors (Lipinski definition) is 0. The molecule has 0 amide bonds. The van der Waals surface area contributed by atoms with E-state index >= 15 is 0 Å². The Morgan fingerprint density at radius 2 is 2.00 bits per heavy atom. The molecule has 0 aliphatic rings. The largest absolute Gasteiger partial charge is 0.416 e. The number of Topliss-reactive ketones (excluding diaryl/α,β-unsaturated/α-hetero) is 1. The number of nitriles is 1. The minimum atomic E-state index is -4.51. The number of hydrogen-bond acceptors (Lipinski definition) is 3. The maximum absolute atomic E-state index is 12.7. The molecule has 1 aromatic carbocycles. The van der Waals surface area contributed by atoms with Gasteiger partial charge < -0.3 is 0 Å². The van der Waals surface area contributed by atoms with Crippen LogP contribution in [-0.4, -0.2) is 5.78 Å². The lowest BCUT2D eigenvalue weighted by atomic mass is 9.94. The van der Waals surface area contributed by atoms with Crippen molar-refractivity contribution in [1.29, 1.82) is 5.26 Å². The Labute approximate surface area is 131 Å². The normalized spacial score (nSPS) is 12.7. The number of alkyl halides is 3. The van der Waals surface area contributed by atoms with E-state index in [0.29, 0.717) is 8.66 Å². The lowest BCUT2D eigenvalue weighted by molar-refractivity contribution is -0.137. The van der Waals surface area contributed by atoms with Crippen molar-refractivity contribution in [3.63, 3.8) is 0 Å². The molecule has 1 aromatic heterocycles. The number of carbonyl (C=O) groups excluding carboxylic acids is 1. The maximum Gasteiger partial charge on any atom is 0.416 e. The van der Waals surface area contributed by atoms with Gasteiger partial charge in [0, 0.05) is 0 Å². The Hall–Kier alpha value is -1.65. The quantitative estimate of drug-likeness (QED) is 0.708. The van der Waals surface area contributed by atoms with Gasteiger partial charge in [0.2, 0.25) is 0 Å². The predicted molar refractivity (Wildman–Crippen MR) is 76.1 cm³/mol. The first-order valence-electron chi connectivity index (χ1n) is 5.69. The van der Waals surface area contributed by atoms with E-state index in [0.717, 1.165) is 23.5 Å². The van der Waals surface area contributed by atoms with Crippen molar-refractivity contribution in [3.05, 3.63) is 56.2 Å². The lowest BCUT2D eigenvalue weighted by Gasteiger charge is -2.11. The molecule has 0 fully saturated rings. The van der Waals surface area contributed by atoms with Crippen molar-refractivity contribution >= 4 is 33.0 Å². The topological polar surface area (TPSA) is 40.9 Å². The molecule has 0 radical (unpaired) electrons. The third-order valence-corrected chi connectivity index (χ3v) is 4.39. The first-order chi connectivity index (χ1) is 9.82. The summed E-state index contributed by atoms with van der Waals surface area (Å²) in [6.07, 6.45) is -4.51. The Balaban J connectivity index is 2.39. The van der Waals surface area contributed by atoms with Crippen LogP contribution in [0.1, 0.15) is 26.7 Å². The first kappa shape index (κ1) is 15.7. The highest BCUT2D eigenvalue weighted by Gasteiger charge is 2.32. The molecule has 7 heteroatoms. The molecule has 2 aromatic rings. The number of carbonyl (C=O) groups is 1. The van der Waals surface area contributed by atoms with E-state index in [4.69, 9.17) is 5.26 Å². The maximum atomic E-state index is 12.7. The van der Waals surface area contributed by atoms with E-state index in [1.54, 1.807) is 12.1 Å². The third-order valence-electron chi connectivity index (χ3n) is 2.75. The zero-order valence-corrected chi connectivity index (χ0v) is 12.7. The SMILES string of the molecule is N#CC(C(=O)c1ccc(Br)s1)c1cccc(C(F)(F)F)c1. The third kappa shape index (κ3) is 3.52. The Kier molecular flexibility index (Phi) is 4.49. The van der Waals surface area contributed by atoms with E-state index in [-0.39, 0.29) is 5.56 Å². The van der Waals surface area contributed by atoms with Crippen LogP contribution in [0.3, 0.4) is 0 Å².